The summed E-state index contributed by atoms with van der Waals surface area (Å²) in [4.78, 5) is 15.4. The summed E-state index contributed by atoms with van der Waals surface area (Å²) < 4.78 is 0. The normalized spacial score (nSPS) is 12.6. The fourth-order valence-corrected chi connectivity index (χ4v) is 1.33. The van der Waals surface area contributed by atoms with Gasteiger partial charge in [-0.15, -0.1) is 0 Å². The van der Waals surface area contributed by atoms with Crippen molar-refractivity contribution < 1.29 is 4.79 Å². The van der Waals surface area contributed by atoms with Gasteiger partial charge in [-0.05, 0) is 19.9 Å². The Labute approximate surface area is 98.8 Å². The van der Waals surface area contributed by atoms with Crippen molar-refractivity contribution in [3.8, 4) is 6.07 Å². The Balaban J connectivity index is 4.09. The van der Waals surface area contributed by atoms with Crippen LogP contribution in [0, 0.1) is 17.2 Å². The second-order valence-corrected chi connectivity index (χ2v) is 4.62. The van der Waals surface area contributed by atoms with Crippen molar-refractivity contribution >= 4 is 5.91 Å². The molecule has 0 heterocycles. The number of hydrogen-bond acceptors (Lipinski definition) is 3. The first-order valence-electron chi connectivity index (χ1n) is 5.71. The Morgan fingerprint density at radius 2 is 1.88 bits per heavy atom. The van der Waals surface area contributed by atoms with Gasteiger partial charge in [0.1, 0.15) is 0 Å². The predicted octanol–water partition coefficient (Wildman–Crippen LogP) is 1.33. The second-order valence-electron chi connectivity index (χ2n) is 4.62. The number of carbonyl (C=O) groups is 1. The van der Waals surface area contributed by atoms with Crippen molar-refractivity contribution in [1.82, 2.24) is 9.80 Å². The molecule has 0 radical (unpaired) electrons. The smallest absolute Gasteiger partial charge is 0.236 e. The average molecular weight is 225 g/mol. The van der Waals surface area contributed by atoms with Gasteiger partial charge in [-0.25, -0.2) is 0 Å². The molecule has 0 aliphatic heterocycles. The maximum Gasteiger partial charge on any atom is 0.236 e. The van der Waals surface area contributed by atoms with E-state index < -0.39 is 0 Å². The van der Waals surface area contributed by atoms with Crippen molar-refractivity contribution in [1.29, 1.82) is 5.26 Å². The van der Waals surface area contributed by atoms with Gasteiger partial charge < -0.3 is 4.90 Å². The Morgan fingerprint density at radius 1 is 1.31 bits per heavy atom. The number of likely N-dealkylation sites (N-methyl/N-ethyl adjacent to an activating group) is 2. The lowest BCUT2D eigenvalue weighted by molar-refractivity contribution is -0.131. The molecule has 0 fully saturated rings. The molecule has 0 rings (SSSR count). The van der Waals surface area contributed by atoms with E-state index in [1.807, 2.05) is 13.1 Å². The predicted molar refractivity (Wildman–Crippen MR) is 64.8 cm³/mol. The van der Waals surface area contributed by atoms with Gasteiger partial charge in [-0.1, -0.05) is 13.8 Å². The highest BCUT2D eigenvalue weighted by atomic mass is 16.2. The molecule has 1 unspecified atom stereocenters. The van der Waals surface area contributed by atoms with E-state index in [0.717, 1.165) is 0 Å². The highest BCUT2D eigenvalue weighted by Crippen LogP contribution is 2.07. The highest BCUT2D eigenvalue weighted by molar-refractivity contribution is 5.77. The van der Waals surface area contributed by atoms with E-state index >= 15 is 0 Å². The van der Waals surface area contributed by atoms with E-state index in [2.05, 4.69) is 25.7 Å². The minimum Gasteiger partial charge on any atom is -0.344 e. The Morgan fingerprint density at radius 3 is 2.31 bits per heavy atom. The molecule has 0 spiro atoms. The molecule has 0 bridgehead atoms. The van der Waals surface area contributed by atoms with Crippen LogP contribution in [0.3, 0.4) is 0 Å². The molecular weight excluding hydrogens is 202 g/mol. The molecule has 0 saturated carbocycles. The van der Waals surface area contributed by atoms with Gasteiger partial charge in [0.05, 0.1) is 19.0 Å². The zero-order valence-corrected chi connectivity index (χ0v) is 11.0. The lowest BCUT2D eigenvalue weighted by Crippen LogP contribution is -2.42. The number of nitrogens with zero attached hydrogens (tertiary/aromatic N) is 3. The molecule has 0 N–H and O–H groups in total. The van der Waals surface area contributed by atoms with Crippen molar-refractivity contribution in [3.63, 3.8) is 0 Å². The first kappa shape index (κ1) is 14.9. The summed E-state index contributed by atoms with van der Waals surface area (Å²) in [6.45, 7) is 7.34. The van der Waals surface area contributed by atoms with Gasteiger partial charge in [-0.2, -0.15) is 5.26 Å². The van der Waals surface area contributed by atoms with Crippen LogP contribution in [0.25, 0.3) is 0 Å². The van der Waals surface area contributed by atoms with Gasteiger partial charge in [0.15, 0.2) is 0 Å². The number of carbonyl (C=O) groups excluding carboxylic acids is 1. The van der Waals surface area contributed by atoms with Gasteiger partial charge in [0.25, 0.3) is 0 Å². The molecule has 92 valence electrons. The standard InChI is InChI=1S/C12H23N3O/c1-10(2)11(3)15(5)9-12(16)14(4)8-6-7-13/h10-11H,6,8-9H2,1-5H3. The van der Waals surface area contributed by atoms with E-state index in [1.165, 1.54) is 0 Å². The summed E-state index contributed by atoms with van der Waals surface area (Å²) in [6.07, 6.45) is 0.395. The third-order valence-corrected chi connectivity index (χ3v) is 3.03. The molecule has 16 heavy (non-hydrogen) atoms. The van der Waals surface area contributed by atoms with Gasteiger partial charge in [0, 0.05) is 19.6 Å². The zero-order valence-electron chi connectivity index (χ0n) is 11.0. The summed E-state index contributed by atoms with van der Waals surface area (Å²) >= 11 is 0. The molecule has 0 aliphatic rings. The minimum absolute atomic E-state index is 0.0743. The first-order valence-corrected chi connectivity index (χ1v) is 5.71. The Kier molecular flexibility index (Phi) is 6.75. The highest BCUT2D eigenvalue weighted by Gasteiger charge is 2.17. The van der Waals surface area contributed by atoms with Crippen LogP contribution in [0.4, 0.5) is 0 Å². The van der Waals surface area contributed by atoms with Crippen LogP contribution < -0.4 is 0 Å². The SMILES string of the molecule is CC(C)C(C)N(C)CC(=O)N(C)CCC#N. The van der Waals surface area contributed by atoms with Gasteiger partial charge in [-0.3, -0.25) is 9.69 Å². The summed E-state index contributed by atoms with van der Waals surface area (Å²) in [5.74, 6) is 0.604. The molecule has 0 aromatic rings. The Bertz CT molecular complexity index is 257. The number of rotatable bonds is 6. The summed E-state index contributed by atoms with van der Waals surface area (Å²) in [6, 6.07) is 2.42. The van der Waals surface area contributed by atoms with Crippen LogP contribution in [0.5, 0.6) is 0 Å². The van der Waals surface area contributed by atoms with Crippen molar-refractivity contribution in [2.45, 2.75) is 33.2 Å². The largest absolute Gasteiger partial charge is 0.344 e. The summed E-state index contributed by atoms with van der Waals surface area (Å²) in [5.41, 5.74) is 0. The summed E-state index contributed by atoms with van der Waals surface area (Å²) in [5, 5.41) is 8.44. The quantitative estimate of drug-likeness (QED) is 0.685. The fraction of sp³-hybridized carbons (Fsp3) is 0.833. The number of hydrogen-bond donors (Lipinski definition) is 0. The lowest BCUT2D eigenvalue weighted by atomic mass is 10.1. The van der Waals surface area contributed by atoms with Crippen LogP contribution in [-0.2, 0) is 4.79 Å². The molecule has 0 saturated heterocycles. The van der Waals surface area contributed by atoms with Crippen molar-refractivity contribution in [3.05, 3.63) is 0 Å². The molecule has 4 heteroatoms. The molecule has 1 amide bonds. The van der Waals surface area contributed by atoms with Crippen LogP contribution >= 0.6 is 0 Å². The maximum atomic E-state index is 11.8. The lowest BCUT2D eigenvalue weighted by Gasteiger charge is -2.28. The van der Waals surface area contributed by atoms with Crippen LogP contribution in [0.1, 0.15) is 27.2 Å². The third-order valence-electron chi connectivity index (χ3n) is 3.03. The average Bonchev–Trinajstić information content (AvgIpc) is 2.24. The molecule has 0 aromatic heterocycles. The third kappa shape index (κ3) is 5.13. The maximum absolute atomic E-state index is 11.8. The summed E-state index contributed by atoms with van der Waals surface area (Å²) in [7, 11) is 3.70. The Hall–Kier alpha value is -1.08. The van der Waals surface area contributed by atoms with Gasteiger partial charge in [0.2, 0.25) is 5.91 Å². The molecule has 0 aromatic carbocycles. The second kappa shape index (κ2) is 7.24. The van der Waals surface area contributed by atoms with E-state index in [-0.39, 0.29) is 5.91 Å². The molecule has 1 atom stereocenters. The van der Waals surface area contributed by atoms with Gasteiger partial charge >= 0.3 is 0 Å². The minimum atomic E-state index is 0.0743. The van der Waals surface area contributed by atoms with E-state index in [9.17, 15) is 4.79 Å². The zero-order chi connectivity index (χ0) is 12.7. The van der Waals surface area contributed by atoms with Crippen LogP contribution in [-0.4, -0.2) is 48.9 Å². The molecule has 0 aliphatic carbocycles. The van der Waals surface area contributed by atoms with E-state index in [0.29, 0.717) is 31.5 Å². The van der Waals surface area contributed by atoms with Crippen molar-refractivity contribution in [2.75, 3.05) is 27.2 Å². The number of nitriles is 1. The van der Waals surface area contributed by atoms with Crippen LogP contribution in [0.15, 0.2) is 0 Å². The topological polar surface area (TPSA) is 47.3 Å². The van der Waals surface area contributed by atoms with Crippen LogP contribution in [0.2, 0.25) is 0 Å². The van der Waals surface area contributed by atoms with Crippen molar-refractivity contribution in [2.24, 2.45) is 5.92 Å². The van der Waals surface area contributed by atoms with E-state index in [1.54, 1.807) is 11.9 Å². The molecular formula is C12H23N3O. The fourth-order valence-electron chi connectivity index (χ4n) is 1.33. The number of amides is 1. The first-order chi connectivity index (χ1) is 7.40. The monoisotopic (exact) mass is 225 g/mol. The van der Waals surface area contributed by atoms with E-state index in [4.69, 9.17) is 5.26 Å². The molecule has 4 nitrogen and oxygen atoms in total.